The monoisotopic (exact) mass is 207 g/mol. The minimum atomic E-state index is 0.167. The van der Waals surface area contributed by atoms with Crippen LogP contribution in [0.4, 0.5) is 0 Å². The van der Waals surface area contributed by atoms with Gasteiger partial charge in [-0.3, -0.25) is 0 Å². The van der Waals surface area contributed by atoms with Gasteiger partial charge in [0.2, 0.25) is 0 Å². The van der Waals surface area contributed by atoms with E-state index in [9.17, 15) is 0 Å². The maximum Gasteiger partial charge on any atom is 0.119 e. The fourth-order valence-corrected chi connectivity index (χ4v) is 1.17. The molecule has 0 unspecified atom stereocenters. The lowest BCUT2D eigenvalue weighted by molar-refractivity contribution is 0.292. The Morgan fingerprint density at radius 3 is 2.67 bits per heavy atom. The van der Waals surface area contributed by atoms with E-state index < -0.39 is 0 Å². The lowest BCUT2D eigenvalue weighted by atomic mass is 10.2. The van der Waals surface area contributed by atoms with Crippen molar-refractivity contribution in [3.05, 3.63) is 42.5 Å². The van der Waals surface area contributed by atoms with E-state index in [1.54, 1.807) is 6.08 Å². The van der Waals surface area contributed by atoms with E-state index in [4.69, 9.17) is 9.84 Å². The molecule has 0 aliphatic rings. The van der Waals surface area contributed by atoms with Crippen molar-refractivity contribution in [2.75, 3.05) is 19.8 Å². The van der Waals surface area contributed by atoms with Crippen LogP contribution in [0.5, 0.6) is 5.75 Å². The summed E-state index contributed by atoms with van der Waals surface area (Å²) >= 11 is 0. The average Bonchev–Trinajstić information content (AvgIpc) is 2.28. The SMILES string of the molecule is C=CCOc1ccc(CNCCO)cc1. The van der Waals surface area contributed by atoms with Crippen LogP contribution in [-0.4, -0.2) is 24.9 Å². The number of benzene rings is 1. The van der Waals surface area contributed by atoms with Gasteiger partial charge in [0.1, 0.15) is 12.4 Å². The molecule has 0 saturated carbocycles. The second-order valence-electron chi connectivity index (χ2n) is 3.14. The van der Waals surface area contributed by atoms with Gasteiger partial charge in [0.25, 0.3) is 0 Å². The molecule has 1 rings (SSSR count). The Kier molecular flexibility index (Phi) is 5.51. The molecule has 1 aromatic rings. The summed E-state index contributed by atoms with van der Waals surface area (Å²) in [5.41, 5.74) is 1.18. The Bertz CT molecular complexity index is 282. The highest BCUT2D eigenvalue weighted by Crippen LogP contribution is 2.11. The number of hydrogen-bond donors (Lipinski definition) is 2. The van der Waals surface area contributed by atoms with Gasteiger partial charge in [-0.2, -0.15) is 0 Å². The molecule has 0 saturated heterocycles. The smallest absolute Gasteiger partial charge is 0.119 e. The summed E-state index contributed by atoms with van der Waals surface area (Å²) in [6.07, 6.45) is 1.72. The van der Waals surface area contributed by atoms with Crippen LogP contribution in [0, 0.1) is 0 Å². The summed E-state index contributed by atoms with van der Waals surface area (Å²) < 4.78 is 5.36. The maximum absolute atomic E-state index is 8.59. The largest absolute Gasteiger partial charge is 0.490 e. The molecule has 15 heavy (non-hydrogen) atoms. The van der Waals surface area contributed by atoms with Crippen molar-refractivity contribution in [3.63, 3.8) is 0 Å². The quantitative estimate of drug-likeness (QED) is 0.523. The van der Waals surface area contributed by atoms with Crippen molar-refractivity contribution in [2.45, 2.75) is 6.54 Å². The molecule has 0 bridgehead atoms. The van der Waals surface area contributed by atoms with Gasteiger partial charge in [-0.1, -0.05) is 24.8 Å². The predicted molar refractivity (Wildman–Crippen MR) is 60.9 cm³/mol. The molecule has 0 aliphatic heterocycles. The van der Waals surface area contributed by atoms with Crippen molar-refractivity contribution >= 4 is 0 Å². The highest BCUT2D eigenvalue weighted by molar-refractivity contribution is 5.27. The molecule has 0 spiro atoms. The zero-order valence-electron chi connectivity index (χ0n) is 8.78. The Balaban J connectivity index is 2.38. The lowest BCUT2D eigenvalue weighted by Crippen LogP contribution is -2.17. The van der Waals surface area contributed by atoms with Gasteiger partial charge in [0.05, 0.1) is 6.61 Å². The van der Waals surface area contributed by atoms with Crippen molar-refractivity contribution in [1.82, 2.24) is 5.32 Å². The van der Waals surface area contributed by atoms with Crippen LogP contribution in [0.15, 0.2) is 36.9 Å². The minimum absolute atomic E-state index is 0.167. The van der Waals surface area contributed by atoms with Crippen molar-refractivity contribution in [1.29, 1.82) is 0 Å². The Labute approximate surface area is 90.4 Å². The van der Waals surface area contributed by atoms with Crippen LogP contribution in [0.1, 0.15) is 5.56 Å². The fourth-order valence-electron chi connectivity index (χ4n) is 1.17. The number of aliphatic hydroxyl groups is 1. The normalized spacial score (nSPS) is 9.93. The molecule has 0 aromatic heterocycles. The van der Waals surface area contributed by atoms with Crippen molar-refractivity contribution < 1.29 is 9.84 Å². The highest BCUT2D eigenvalue weighted by Gasteiger charge is 1.94. The fraction of sp³-hybridized carbons (Fsp3) is 0.333. The molecule has 2 N–H and O–H groups in total. The van der Waals surface area contributed by atoms with Gasteiger partial charge in [-0.05, 0) is 17.7 Å². The summed E-state index contributed by atoms with van der Waals surface area (Å²) in [5.74, 6) is 0.848. The van der Waals surface area contributed by atoms with Crippen LogP contribution >= 0.6 is 0 Å². The Morgan fingerprint density at radius 2 is 2.07 bits per heavy atom. The number of rotatable bonds is 7. The molecule has 0 heterocycles. The topological polar surface area (TPSA) is 41.5 Å². The molecule has 0 amide bonds. The van der Waals surface area contributed by atoms with Crippen LogP contribution < -0.4 is 10.1 Å². The third-order valence-electron chi connectivity index (χ3n) is 1.91. The third kappa shape index (κ3) is 4.63. The number of hydrogen-bond acceptors (Lipinski definition) is 3. The molecule has 0 atom stereocenters. The predicted octanol–water partition coefficient (Wildman–Crippen LogP) is 1.33. The first-order valence-corrected chi connectivity index (χ1v) is 5.01. The van der Waals surface area contributed by atoms with Gasteiger partial charge in [0.15, 0.2) is 0 Å². The minimum Gasteiger partial charge on any atom is -0.490 e. The van der Waals surface area contributed by atoms with Crippen LogP contribution in [-0.2, 0) is 6.54 Å². The van der Waals surface area contributed by atoms with Gasteiger partial charge >= 0.3 is 0 Å². The highest BCUT2D eigenvalue weighted by atomic mass is 16.5. The van der Waals surface area contributed by atoms with E-state index in [0.29, 0.717) is 13.2 Å². The summed E-state index contributed by atoms with van der Waals surface area (Å²) in [6, 6.07) is 7.87. The Hall–Kier alpha value is -1.32. The second kappa shape index (κ2) is 7.04. The molecule has 0 radical (unpaired) electrons. The van der Waals surface area contributed by atoms with E-state index in [2.05, 4.69) is 11.9 Å². The van der Waals surface area contributed by atoms with E-state index >= 15 is 0 Å². The summed E-state index contributed by atoms with van der Waals surface area (Å²) in [5, 5.41) is 11.7. The molecular formula is C12H17NO2. The van der Waals surface area contributed by atoms with E-state index in [-0.39, 0.29) is 6.61 Å². The van der Waals surface area contributed by atoms with Crippen LogP contribution in [0.25, 0.3) is 0 Å². The van der Waals surface area contributed by atoms with Gasteiger partial charge in [0, 0.05) is 13.1 Å². The zero-order valence-corrected chi connectivity index (χ0v) is 8.78. The number of nitrogens with one attached hydrogen (secondary N) is 1. The molecular weight excluding hydrogens is 190 g/mol. The molecule has 3 nitrogen and oxygen atoms in total. The molecule has 1 aromatic carbocycles. The maximum atomic E-state index is 8.59. The average molecular weight is 207 g/mol. The van der Waals surface area contributed by atoms with Crippen LogP contribution in [0.2, 0.25) is 0 Å². The third-order valence-corrected chi connectivity index (χ3v) is 1.91. The van der Waals surface area contributed by atoms with Crippen molar-refractivity contribution in [2.24, 2.45) is 0 Å². The van der Waals surface area contributed by atoms with E-state index in [1.807, 2.05) is 24.3 Å². The van der Waals surface area contributed by atoms with E-state index in [0.717, 1.165) is 12.3 Å². The molecule has 82 valence electrons. The zero-order chi connectivity index (χ0) is 10.9. The first-order chi connectivity index (χ1) is 7.36. The Morgan fingerprint density at radius 1 is 1.33 bits per heavy atom. The van der Waals surface area contributed by atoms with Crippen LogP contribution in [0.3, 0.4) is 0 Å². The first kappa shape index (κ1) is 11.8. The second-order valence-corrected chi connectivity index (χ2v) is 3.14. The van der Waals surface area contributed by atoms with Crippen molar-refractivity contribution in [3.8, 4) is 5.75 Å². The number of aliphatic hydroxyl groups excluding tert-OH is 1. The number of ether oxygens (including phenoxy) is 1. The summed E-state index contributed by atoms with van der Waals surface area (Å²) in [6.45, 7) is 5.67. The summed E-state index contributed by atoms with van der Waals surface area (Å²) in [7, 11) is 0. The van der Waals surface area contributed by atoms with Gasteiger partial charge in [-0.25, -0.2) is 0 Å². The van der Waals surface area contributed by atoms with E-state index in [1.165, 1.54) is 5.56 Å². The first-order valence-electron chi connectivity index (χ1n) is 5.01. The van der Waals surface area contributed by atoms with Gasteiger partial charge in [-0.15, -0.1) is 0 Å². The molecule has 3 heteroatoms. The summed E-state index contributed by atoms with van der Waals surface area (Å²) in [4.78, 5) is 0. The standard InChI is InChI=1S/C12H17NO2/c1-2-9-15-12-5-3-11(4-6-12)10-13-7-8-14/h2-6,13-14H,1,7-10H2. The lowest BCUT2D eigenvalue weighted by Gasteiger charge is -2.05. The molecule has 0 aliphatic carbocycles. The molecule has 0 fully saturated rings. The van der Waals surface area contributed by atoms with Gasteiger partial charge < -0.3 is 15.2 Å².